The minimum Gasteiger partial charge on any atom is -0.488 e. The highest BCUT2D eigenvalue weighted by Crippen LogP contribution is 2.35. The molecule has 0 spiro atoms. The third kappa shape index (κ3) is 3.64. The Kier molecular flexibility index (Phi) is 5.12. The Morgan fingerprint density at radius 2 is 1.93 bits per heavy atom. The summed E-state index contributed by atoms with van der Waals surface area (Å²) in [5.41, 5.74) is 4.23. The predicted molar refractivity (Wildman–Crippen MR) is 110 cm³/mol. The number of para-hydroxylation sites is 2. The number of methoxy groups -OCH3 is 1. The summed E-state index contributed by atoms with van der Waals surface area (Å²) >= 11 is 1.51. The van der Waals surface area contributed by atoms with Crippen LogP contribution in [0.2, 0.25) is 0 Å². The van der Waals surface area contributed by atoms with Gasteiger partial charge in [0.2, 0.25) is 0 Å². The van der Waals surface area contributed by atoms with Crippen molar-refractivity contribution in [2.24, 2.45) is 0 Å². The Morgan fingerprint density at radius 3 is 2.75 bits per heavy atom. The van der Waals surface area contributed by atoms with E-state index in [2.05, 4.69) is 18.0 Å². The molecule has 142 valence electrons. The molecule has 4 aromatic rings. The van der Waals surface area contributed by atoms with Crippen LogP contribution in [0.1, 0.15) is 16.0 Å². The van der Waals surface area contributed by atoms with Crippen LogP contribution < -0.4 is 4.74 Å². The van der Waals surface area contributed by atoms with Gasteiger partial charge in [0.15, 0.2) is 0 Å². The number of hydrogen-bond acceptors (Lipinski definition) is 5. The van der Waals surface area contributed by atoms with E-state index >= 15 is 0 Å². The fourth-order valence-electron chi connectivity index (χ4n) is 3.03. The molecule has 0 radical (unpaired) electrons. The van der Waals surface area contributed by atoms with Gasteiger partial charge in [0.25, 0.3) is 0 Å². The minimum absolute atomic E-state index is 0.177. The van der Waals surface area contributed by atoms with Crippen molar-refractivity contribution in [3.8, 4) is 10.8 Å². The Morgan fingerprint density at radius 1 is 1.14 bits per heavy atom. The van der Waals surface area contributed by atoms with E-state index in [1.54, 1.807) is 6.33 Å². The van der Waals surface area contributed by atoms with Gasteiger partial charge in [-0.1, -0.05) is 36.4 Å². The fraction of sp³-hybridized carbons (Fsp3) is 0.182. The summed E-state index contributed by atoms with van der Waals surface area (Å²) in [4.78, 5) is 17.2. The van der Waals surface area contributed by atoms with Crippen LogP contribution in [0.5, 0.6) is 5.75 Å². The van der Waals surface area contributed by atoms with Crippen LogP contribution in [0.25, 0.3) is 16.0 Å². The molecule has 2 aromatic carbocycles. The molecule has 0 atom stereocenters. The number of aromatic nitrogens is 2. The number of esters is 1. The van der Waals surface area contributed by atoms with Crippen molar-refractivity contribution in [2.45, 2.75) is 20.0 Å². The lowest BCUT2D eigenvalue weighted by molar-refractivity contribution is -0.139. The van der Waals surface area contributed by atoms with E-state index in [9.17, 15) is 4.79 Å². The molecule has 2 aromatic heterocycles. The van der Waals surface area contributed by atoms with E-state index in [1.165, 1.54) is 24.0 Å². The summed E-state index contributed by atoms with van der Waals surface area (Å²) in [6.07, 6.45) is 1.97. The zero-order valence-corrected chi connectivity index (χ0v) is 16.5. The molecule has 0 aliphatic rings. The first-order valence-corrected chi connectivity index (χ1v) is 9.76. The number of hydrogen-bond donors (Lipinski definition) is 0. The number of carbonyl (C=O) groups is 1. The largest absolute Gasteiger partial charge is 0.488 e. The van der Waals surface area contributed by atoms with Crippen molar-refractivity contribution in [3.63, 3.8) is 0 Å². The topological polar surface area (TPSA) is 53.4 Å². The van der Waals surface area contributed by atoms with E-state index in [0.29, 0.717) is 12.4 Å². The SMILES string of the molecule is COC(=O)Cc1sc(-n2cnc3ccccc32)cc1OCc1ccccc1C. The standard InChI is InChI=1S/C22H20N2O3S/c1-15-7-3-4-8-16(15)13-27-19-11-21(28-20(19)12-22(25)26-2)24-14-23-17-9-5-6-10-18(17)24/h3-11,14H,12-13H2,1-2H3. The highest BCUT2D eigenvalue weighted by molar-refractivity contribution is 7.15. The van der Waals surface area contributed by atoms with Crippen molar-refractivity contribution < 1.29 is 14.3 Å². The first-order valence-electron chi connectivity index (χ1n) is 8.95. The number of fused-ring (bicyclic) bond motifs is 1. The zero-order valence-electron chi connectivity index (χ0n) is 15.7. The van der Waals surface area contributed by atoms with Crippen molar-refractivity contribution in [2.75, 3.05) is 7.11 Å². The number of benzene rings is 2. The highest BCUT2D eigenvalue weighted by atomic mass is 32.1. The maximum absolute atomic E-state index is 11.9. The van der Waals surface area contributed by atoms with Gasteiger partial charge in [-0.3, -0.25) is 9.36 Å². The third-order valence-electron chi connectivity index (χ3n) is 4.63. The summed E-state index contributed by atoms with van der Waals surface area (Å²) in [7, 11) is 1.40. The lowest BCUT2D eigenvalue weighted by atomic mass is 10.1. The summed E-state index contributed by atoms with van der Waals surface area (Å²) in [5.74, 6) is 0.413. The van der Waals surface area contributed by atoms with Gasteiger partial charge < -0.3 is 9.47 Å². The number of nitrogens with zero attached hydrogens (tertiary/aromatic N) is 2. The molecule has 0 unspecified atom stereocenters. The number of carbonyl (C=O) groups excluding carboxylic acids is 1. The van der Waals surface area contributed by atoms with Gasteiger partial charge in [0, 0.05) is 6.07 Å². The normalized spacial score (nSPS) is 10.9. The monoisotopic (exact) mass is 392 g/mol. The number of imidazole rings is 1. The summed E-state index contributed by atoms with van der Waals surface area (Å²) in [6.45, 7) is 2.51. The van der Waals surface area contributed by atoms with Crippen molar-refractivity contribution in [1.82, 2.24) is 9.55 Å². The van der Waals surface area contributed by atoms with E-state index < -0.39 is 0 Å². The molecule has 6 heteroatoms. The molecular weight excluding hydrogens is 372 g/mol. The zero-order chi connectivity index (χ0) is 19.5. The molecule has 0 bridgehead atoms. The van der Waals surface area contributed by atoms with Gasteiger partial charge in [-0.25, -0.2) is 4.98 Å². The number of rotatable bonds is 6. The highest BCUT2D eigenvalue weighted by Gasteiger charge is 2.17. The molecule has 5 nitrogen and oxygen atoms in total. The molecule has 28 heavy (non-hydrogen) atoms. The maximum atomic E-state index is 11.9. The van der Waals surface area contributed by atoms with Gasteiger partial charge in [0.05, 0.1) is 29.4 Å². The van der Waals surface area contributed by atoms with E-state index in [0.717, 1.165) is 26.5 Å². The van der Waals surface area contributed by atoms with Gasteiger partial charge in [-0.2, -0.15) is 0 Å². The van der Waals surface area contributed by atoms with Crippen LogP contribution >= 0.6 is 11.3 Å². The first-order chi connectivity index (χ1) is 13.7. The number of thiophene rings is 1. The van der Waals surface area contributed by atoms with Crippen LogP contribution in [-0.2, 0) is 22.6 Å². The average Bonchev–Trinajstić information content (AvgIpc) is 3.31. The van der Waals surface area contributed by atoms with E-state index in [4.69, 9.17) is 9.47 Å². The van der Waals surface area contributed by atoms with Crippen molar-refractivity contribution >= 4 is 28.3 Å². The van der Waals surface area contributed by atoms with Crippen LogP contribution in [-0.4, -0.2) is 22.6 Å². The van der Waals surface area contributed by atoms with E-state index in [1.807, 2.05) is 53.1 Å². The Bertz CT molecular complexity index is 1130. The molecule has 0 saturated carbocycles. The summed E-state index contributed by atoms with van der Waals surface area (Å²) in [6, 6.07) is 18.0. The second-order valence-corrected chi connectivity index (χ2v) is 7.56. The predicted octanol–water partition coefficient (Wildman–Crippen LogP) is 4.69. The maximum Gasteiger partial charge on any atom is 0.310 e. The minimum atomic E-state index is -0.287. The summed E-state index contributed by atoms with van der Waals surface area (Å²) in [5, 5.41) is 0.951. The molecule has 0 amide bonds. The Labute approximate surface area is 167 Å². The Hall–Kier alpha value is -3.12. The average molecular weight is 392 g/mol. The molecule has 2 heterocycles. The second kappa shape index (κ2) is 7.86. The number of aryl methyl sites for hydroxylation is 1. The second-order valence-electron chi connectivity index (χ2n) is 6.44. The first kappa shape index (κ1) is 18.3. The summed E-state index contributed by atoms with van der Waals surface area (Å²) < 4.78 is 13.0. The smallest absolute Gasteiger partial charge is 0.310 e. The molecule has 0 aliphatic heterocycles. The van der Waals surface area contributed by atoms with Crippen LogP contribution in [0.3, 0.4) is 0 Å². The third-order valence-corrected chi connectivity index (χ3v) is 5.74. The van der Waals surface area contributed by atoms with Gasteiger partial charge >= 0.3 is 5.97 Å². The molecule has 4 rings (SSSR count). The van der Waals surface area contributed by atoms with E-state index in [-0.39, 0.29) is 12.4 Å². The van der Waals surface area contributed by atoms with Crippen LogP contribution in [0, 0.1) is 6.92 Å². The lowest BCUT2D eigenvalue weighted by Gasteiger charge is -2.09. The lowest BCUT2D eigenvalue weighted by Crippen LogP contribution is -2.05. The molecular formula is C22H20N2O3S. The molecule has 0 saturated heterocycles. The van der Waals surface area contributed by atoms with Gasteiger partial charge in [-0.05, 0) is 30.2 Å². The molecule has 0 N–H and O–H groups in total. The van der Waals surface area contributed by atoms with Gasteiger partial charge in [-0.15, -0.1) is 11.3 Å². The van der Waals surface area contributed by atoms with Crippen LogP contribution in [0.15, 0.2) is 60.9 Å². The van der Waals surface area contributed by atoms with Crippen molar-refractivity contribution in [3.05, 3.63) is 76.9 Å². The molecule has 0 aliphatic carbocycles. The van der Waals surface area contributed by atoms with Crippen molar-refractivity contribution in [1.29, 1.82) is 0 Å². The quantitative estimate of drug-likeness (QED) is 0.447. The Balaban J connectivity index is 1.68. The van der Waals surface area contributed by atoms with Gasteiger partial charge in [0.1, 0.15) is 23.7 Å². The molecule has 0 fully saturated rings. The van der Waals surface area contributed by atoms with Crippen LogP contribution in [0.4, 0.5) is 0 Å². The number of ether oxygens (including phenoxy) is 2. The fourth-order valence-corrected chi connectivity index (χ4v) is 4.10.